The number of alkyl halides is 3. The maximum atomic E-state index is 14.4. The third-order valence-electron chi connectivity index (χ3n) is 5.62. The normalized spacial score (nSPS) is 17.8. The van der Waals surface area contributed by atoms with E-state index in [4.69, 9.17) is 9.57 Å². The van der Waals surface area contributed by atoms with E-state index in [2.05, 4.69) is 5.16 Å². The Morgan fingerprint density at radius 1 is 1.06 bits per heavy atom. The minimum absolute atomic E-state index is 0.0332. The SMILES string of the molecule is CC(=O)N(C)N(C(=O)OC(C)(C)C)c1cccc(C2=NOC(c3cc(C)cc(C)c3)(C(F)(F)F)C2)c1. The number of carbonyl (C=O) groups excluding carboxylic acids is 2. The molecule has 1 atom stereocenters. The number of anilines is 1. The van der Waals surface area contributed by atoms with Crippen LogP contribution in [0, 0.1) is 13.8 Å². The van der Waals surface area contributed by atoms with Crippen LogP contribution in [-0.4, -0.2) is 41.5 Å². The lowest BCUT2D eigenvalue weighted by atomic mass is 9.85. The summed E-state index contributed by atoms with van der Waals surface area (Å²) >= 11 is 0. The monoisotopic (exact) mass is 505 g/mol. The van der Waals surface area contributed by atoms with Gasteiger partial charge >= 0.3 is 12.3 Å². The zero-order valence-electron chi connectivity index (χ0n) is 21.4. The zero-order chi connectivity index (χ0) is 27.1. The Balaban J connectivity index is 2.01. The Morgan fingerprint density at radius 2 is 1.67 bits per heavy atom. The summed E-state index contributed by atoms with van der Waals surface area (Å²) in [4.78, 5) is 30.2. The van der Waals surface area contributed by atoms with Gasteiger partial charge in [-0.2, -0.15) is 18.2 Å². The van der Waals surface area contributed by atoms with Crippen molar-refractivity contribution in [1.82, 2.24) is 5.01 Å². The van der Waals surface area contributed by atoms with E-state index in [0.717, 1.165) is 10.0 Å². The van der Waals surface area contributed by atoms with Crippen LogP contribution in [0.3, 0.4) is 0 Å². The lowest BCUT2D eigenvalue weighted by Crippen LogP contribution is -2.49. The number of nitrogens with zero attached hydrogens (tertiary/aromatic N) is 3. The molecule has 0 bridgehead atoms. The summed E-state index contributed by atoms with van der Waals surface area (Å²) in [6, 6.07) is 10.8. The van der Waals surface area contributed by atoms with Crippen LogP contribution >= 0.6 is 0 Å². The maximum Gasteiger partial charge on any atom is 0.435 e. The van der Waals surface area contributed by atoms with Crippen molar-refractivity contribution in [1.29, 1.82) is 0 Å². The van der Waals surface area contributed by atoms with E-state index in [1.54, 1.807) is 58.9 Å². The summed E-state index contributed by atoms with van der Waals surface area (Å²) in [6.45, 7) is 9.76. The molecule has 2 aromatic carbocycles. The molecule has 2 aromatic rings. The number of amides is 2. The average Bonchev–Trinajstić information content (AvgIpc) is 3.19. The molecule has 7 nitrogen and oxygen atoms in total. The number of hydrogen-bond donors (Lipinski definition) is 0. The number of ether oxygens (including phenoxy) is 1. The first-order valence-electron chi connectivity index (χ1n) is 11.3. The Morgan fingerprint density at radius 3 is 2.19 bits per heavy atom. The van der Waals surface area contributed by atoms with Gasteiger partial charge in [-0.3, -0.25) is 4.79 Å². The fraction of sp³-hybridized carbons (Fsp3) is 0.423. The van der Waals surface area contributed by atoms with Crippen LogP contribution < -0.4 is 5.01 Å². The third kappa shape index (κ3) is 5.47. The van der Waals surface area contributed by atoms with Gasteiger partial charge in [-0.1, -0.05) is 46.6 Å². The van der Waals surface area contributed by atoms with Gasteiger partial charge in [0, 0.05) is 31.5 Å². The summed E-state index contributed by atoms with van der Waals surface area (Å²) in [5.74, 6) is -0.446. The lowest BCUT2D eigenvalue weighted by Gasteiger charge is -2.33. The number of oxime groups is 1. The Labute approximate surface area is 208 Å². The Bertz CT molecular complexity index is 1180. The molecule has 0 fully saturated rings. The molecular formula is C26H30F3N3O4. The molecule has 1 heterocycles. The van der Waals surface area contributed by atoms with Gasteiger partial charge < -0.3 is 9.57 Å². The molecule has 1 aliphatic heterocycles. The molecule has 0 N–H and O–H groups in total. The summed E-state index contributed by atoms with van der Waals surface area (Å²) < 4.78 is 48.7. The van der Waals surface area contributed by atoms with Crippen LogP contribution in [0.15, 0.2) is 47.6 Å². The first-order chi connectivity index (χ1) is 16.5. The largest absolute Gasteiger partial charge is 0.442 e. The molecule has 0 aliphatic carbocycles. The van der Waals surface area contributed by atoms with Crippen LogP contribution in [0.5, 0.6) is 0 Å². The molecule has 0 saturated heterocycles. The molecule has 0 radical (unpaired) electrons. The summed E-state index contributed by atoms with van der Waals surface area (Å²) in [7, 11) is 1.39. The highest BCUT2D eigenvalue weighted by Gasteiger charge is 2.62. The van der Waals surface area contributed by atoms with Crippen molar-refractivity contribution >= 4 is 23.4 Å². The van der Waals surface area contributed by atoms with E-state index in [1.807, 2.05) is 0 Å². The van der Waals surface area contributed by atoms with Crippen molar-refractivity contribution in [2.24, 2.45) is 5.16 Å². The van der Waals surface area contributed by atoms with Gasteiger partial charge in [0.15, 0.2) is 0 Å². The number of hydrogen-bond acceptors (Lipinski definition) is 5. The van der Waals surface area contributed by atoms with Gasteiger partial charge in [-0.25, -0.2) is 9.80 Å². The Hall–Kier alpha value is -3.56. The number of benzene rings is 2. The predicted octanol–water partition coefficient (Wildman–Crippen LogP) is 6.02. The van der Waals surface area contributed by atoms with Gasteiger partial charge in [-0.05, 0) is 46.8 Å². The number of carbonyl (C=O) groups is 2. The summed E-state index contributed by atoms with van der Waals surface area (Å²) in [6.07, 6.45) is -6.12. The van der Waals surface area contributed by atoms with Crippen molar-refractivity contribution in [3.8, 4) is 0 Å². The summed E-state index contributed by atoms with van der Waals surface area (Å²) in [5, 5.41) is 5.92. The minimum atomic E-state index is -4.74. The average molecular weight is 506 g/mol. The van der Waals surface area contributed by atoms with Gasteiger partial charge in [-0.15, -0.1) is 0 Å². The molecule has 10 heteroatoms. The molecule has 3 rings (SSSR count). The molecule has 1 aliphatic rings. The highest BCUT2D eigenvalue weighted by atomic mass is 19.4. The second-order valence-electron chi connectivity index (χ2n) is 9.89. The second-order valence-corrected chi connectivity index (χ2v) is 9.89. The third-order valence-corrected chi connectivity index (χ3v) is 5.62. The van der Waals surface area contributed by atoms with Crippen molar-refractivity contribution in [2.45, 2.75) is 65.3 Å². The first-order valence-corrected chi connectivity index (χ1v) is 11.3. The molecule has 194 valence electrons. The highest BCUT2D eigenvalue weighted by molar-refractivity contribution is 6.03. The first kappa shape index (κ1) is 27.0. The van der Waals surface area contributed by atoms with Crippen molar-refractivity contribution in [2.75, 3.05) is 12.1 Å². The number of hydrazine groups is 1. The minimum Gasteiger partial charge on any atom is -0.442 e. The van der Waals surface area contributed by atoms with Crippen molar-refractivity contribution < 1.29 is 32.3 Å². The van der Waals surface area contributed by atoms with E-state index in [1.165, 1.54) is 32.2 Å². The predicted molar refractivity (Wildman–Crippen MR) is 129 cm³/mol. The van der Waals surface area contributed by atoms with E-state index < -0.39 is 35.8 Å². The molecular weight excluding hydrogens is 475 g/mol. The van der Waals surface area contributed by atoms with Crippen LogP contribution in [0.2, 0.25) is 0 Å². The van der Waals surface area contributed by atoms with Crippen LogP contribution in [0.25, 0.3) is 0 Å². The maximum absolute atomic E-state index is 14.4. The number of aryl methyl sites for hydroxylation is 2. The van der Waals surface area contributed by atoms with Crippen molar-refractivity contribution in [3.05, 3.63) is 64.7 Å². The molecule has 0 spiro atoms. The van der Waals surface area contributed by atoms with E-state index in [-0.39, 0.29) is 17.0 Å². The zero-order valence-corrected chi connectivity index (χ0v) is 21.4. The molecule has 0 saturated carbocycles. The van der Waals surface area contributed by atoms with E-state index >= 15 is 0 Å². The topological polar surface area (TPSA) is 71.4 Å². The fourth-order valence-electron chi connectivity index (χ4n) is 3.93. The molecule has 0 aromatic heterocycles. The quantitative estimate of drug-likeness (QED) is 0.478. The second kappa shape index (κ2) is 9.48. The van der Waals surface area contributed by atoms with Crippen LogP contribution in [-0.2, 0) is 20.0 Å². The van der Waals surface area contributed by atoms with Gasteiger partial charge in [0.05, 0.1) is 11.4 Å². The molecule has 36 heavy (non-hydrogen) atoms. The Kier molecular flexibility index (Phi) is 7.12. The number of rotatable bonds is 3. The molecule has 1 unspecified atom stereocenters. The smallest absolute Gasteiger partial charge is 0.435 e. The lowest BCUT2D eigenvalue weighted by molar-refractivity contribution is -0.275. The highest BCUT2D eigenvalue weighted by Crippen LogP contribution is 2.49. The van der Waals surface area contributed by atoms with Gasteiger partial charge in [0.25, 0.3) is 5.60 Å². The van der Waals surface area contributed by atoms with Crippen LogP contribution in [0.1, 0.15) is 56.4 Å². The van der Waals surface area contributed by atoms with Crippen LogP contribution in [0.4, 0.5) is 23.7 Å². The fourth-order valence-corrected chi connectivity index (χ4v) is 3.93. The van der Waals surface area contributed by atoms with Gasteiger partial charge in [0.2, 0.25) is 5.91 Å². The summed E-state index contributed by atoms with van der Waals surface area (Å²) in [5.41, 5.74) is -1.58. The standard InChI is InChI=1S/C26H30F3N3O4/c1-16-11-17(2)13-20(12-16)25(26(27,28)29)15-22(30-36-25)19-9-8-10-21(14-19)32(31(7)18(3)33)23(34)35-24(4,5)6/h8-14H,15H2,1-7H3. The van der Waals surface area contributed by atoms with Gasteiger partial charge in [0.1, 0.15) is 5.60 Å². The van der Waals surface area contributed by atoms with Crippen molar-refractivity contribution in [3.63, 3.8) is 0 Å². The molecule has 2 amide bonds. The van der Waals surface area contributed by atoms with E-state index in [0.29, 0.717) is 16.7 Å². The van der Waals surface area contributed by atoms with E-state index in [9.17, 15) is 22.8 Å². The number of halogens is 3.